The number of halogens is 1. The molecule has 0 aromatic heterocycles. The van der Waals surface area contributed by atoms with E-state index in [9.17, 15) is 9.59 Å². The molecule has 1 aromatic carbocycles. The molecular weight excluding hydrogens is 342 g/mol. The van der Waals surface area contributed by atoms with E-state index in [-0.39, 0.29) is 24.2 Å². The van der Waals surface area contributed by atoms with Crippen LogP contribution in [-0.2, 0) is 9.59 Å². The number of carbonyl (C=O) groups is 2. The Kier molecular flexibility index (Phi) is 7.08. The summed E-state index contributed by atoms with van der Waals surface area (Å²) >= 11 is 0. The Labute approximate surface area is 154 Å². The van der Waals surface area contributed by atoms with Crippen molar-refractivity contribution in [1.29, 1.82) is 0 Å². The quantitative estimate of drug-likeness (QED) is 0.803. The lowest BCUT2D eigenvalue weighted by molar-refractivity contribution is -0.125. The molecule has 0 saturated carbocycles. The number of ether oxygens (including phenoxy) is 1. The summed E-state index contributed by atoms with van der Waals surface area (Å²) in [4.78, 5) is 26.1. The molecule has 2 aliphatic rings. The summed E-state index contributed by atoms with van der Waals surface area (Å²) in [7, 11) is 0. The van der Waals surface area contributed by atoms with Crippen LogP contribution in [-0.4, -0.2) is 44.1 Å². The molecule has 7 heteroatoms. The van der Waals surface area contributed by atoms with Gasteiger partial charge in [-0.3, -0.25) is 9.59 Å². The second-order valence-corrected chi connectivity index (χ2v) is 6.47. The topological polar surface area (TPSA) is 70.7 Å². The Hall–Kier alpha value is -1.79. The van der Waals surface area contributed by atoms with E-state index < -0.39 is 6.10 Å². The molecule has 2 heterocycles. The van der Waals surface area contributed by atoms with Crippen molar-refractivity contribution < 1.29 is 14.3 Å². The zero-order valence-corrected chi connectivity index (χ0v) is 15.3. The molecule has 6 nitrogen and oxygen atoms in total. The first-order valence-electron chi connectivity index (χ1n) is 8.69. The van der Waals surface area contributed by atoms with Gasteiger partial charge in [0.05, 0.1) is 5.69 Å². The van der Waals surface area contributed by atoms with E-state index in [0.717, 1.165) is 25.2 Å². The van der Waals surface area contributed by atoms with Crippen LogP contribution >= 0.6 is 12.4 Å². The third-order valence-electron chi connectivity index (χ3n) is 4.67. The zero-order valence-electron chi connectivity index (χ0n) is 14.5. The van der Waals surface area contributed by atoms with E-state index in [0.29, 0.717) is 31.2 Å². The average Bonchev–Trinajstić information content (AvgIpc) is 3.09. The number of nitrogens with one attached hydrogen (secondary N) is 2. The second kappa shape index (κ2) is 9.06. The van der Waals surface area contributed by atoms with Crippen LogP contribution in [0.25, 0.3) is 0 Å². The summed E-state index contributed by atoms with van der Waals surface area (Å²) in [5.74, 6) is 1.25. The summed E-state index contributed by atoms with van der Waals surface area (Å²) in [5, 5.41) is 6.29. The van der Waals surface area contributed by atoms with Gasteiger partial charge in [0.1, 0.15) is 5.75 Å². The Balaban J connectivity index is 0.00000225. The van der Waals surface area contributed by atoms with Crippen molar-refractivity contribution in [2.75, 3.05) is 31.1 Å². The largest absolute Gasteiger partial charge is 0.479 e. The van der Waals surface area contributed by atoms with Gasteiger partial charge in [-0.2, -0.15) is 0 Å². The van der Waals surface area contributed by atoms with Crippen LogP contribution in [0.5, 0.6) is 5.75 Å². The number of hydrogen-bond donors (Lipinski definition) is 2. The number of rotatable bonds is 6. The zero-order chi connectivity index (χ0) is 16.9. The number of para-hydroxylation sites is 2. The molecular formula is C18H26ClN3O3. The summed E-state index contributed by atoms with van der Waals surface area (Å²) in [5.41, 5.74) is 0.741. The minimum atomic E-state index is -0.516. The Morgan fingerprint density at radius 3 is 2.96 bits per heavy atom. The molecule has 2 N–H and O–H groups in total. The van der Waals surface area contributed by atoms with Crippen molar-refractivity contribution in [3.05, 3.63) is 24.3 Å². The van der Waals surface area contributed by atoms with Crippen molar-refractivity contribution in [2.24, 2.45) is 5.92 Å². The molecule has 0 spiro atoms. The Morgan fingerprint density at radius 1 is 1.40 bits per heavy atom. The van der Waals surface area contributed by atoms with E-state index in [1.54, 1.807) is 11.8 Å². The third kappa shape index (κ3) is 4.86. The summed E-state index contributed by atoms with van der Waals surface area (Å²) in [6.07, 6.45) is 1.98. The first-order chi connectivity index (χ1) is 11.6. The first kappa shape index (κ1) is 19.5. The molecule has 138 valence electrons. The Morgan fingerprint density at radius 2 is 2.20 bits per heavy atom. The lowest BCUT2D eigenvalue weighted by Crippen LogP contribution is -2.45. The van der Waals surface area contributed by atoms with E-state index in [2.05, 4.69) is 10.6 Å². The molecule has 0 aliphatic carbocycles. The SMILES string of the molecule is CC1Oc2ccccc2N(CCC(=O)NCCC2CCNC2)C1=O.Cl. The number of amides is 2. The monoisotopic (exact) mass is 367 g/mol. The minimum absolute atomic E-state index is 0. The van der Waals surface area contributed by atoms with Crippen LogP contribution < -0.4 is 20.3 Å². The fourth-order valence-electron chi connectivity index (χ4n) is 3.27. The van der Waals surface area contributed by atoms with Gasteiger partial charge in [0, 0.05) is 19.5 Å². The van der Waals surface area contributed by atoms with E-state index in [4.69, 9.17) is 4.74 Å². The fraction of sp³-hybridized carbons (Fsp3) is 0.556. The highest BCUT2D eigenvalue weighted by molar-refractivity contribution is 6.00. The molecule has 25 heavy (non-hydrogen) atoms. The van der Waals surface area contributed by atoms with Crippen LogP contribution in [0.4, 0.5) is 5.69 Å². The average molecular weight is 368 g/mol. The van der Waals surface area contributed by atoms with E-state index in [1.165, 1.54) is 6.42 Å². The van der Waals surface area contributed by atoms with Crippen LogP contribution in [0.3, 0.4) is 0 Å². The van der Waals surface area contributed by atoms with Gasteiger partial charge in [0.25, 0.3) is 5.91 Å². The minimum Gasteiger partial charge on any atom is -0.479 e. The van der Waals surface area contributed by atoms with Crippen molar-refractivity contribution >= 4 is 29.9 Å². The predicted octanol–water partition coefficient (Wildman–Crippen LogP) is 1.73. The van der Waals surface area contributed by atoms with Gasteiger partial charge in [-0.25, -0.2) is 0 Å². The maximum atomic E-state index is 12.4. The number of nitrogens with zero attached hydrogens (tertiary/aromatic N) is 1. The van der Waals surface area contributed by atoms with Gasteiger partial charge in [0.15, 0.2) is 6.10 Å². The maximum absolute atomic E-state index is 12.4. The van der Waals surface area contributed by atoms with Gasteiger partial charge < -0.3 is 20.3 Å². The van der Waals surface area contributed by atoms with Crippen molar-refractivity contribution in [2.45, 2.75) is 32.3 Å². The molecule has 2 unspecified atom stereocenters. The molecule has 1 fully saturated rings. The van der Waals surface area contributed by atoms with Gasteiger partial charge in [-0.15, -0.1) is 12.4 Å². The second-order valence-electron chi connectivity index (χ2n) is 6.47. The highest BCUT2D eigenvalue weighted by atomic mass is 35.5. The predicted molar refractivity (Wildman–Crippen MR) is 99.4 cm³/mol. The summed E-state index contributed by atoms with van der Waals surface area (Å²) in [6, 6.07) is 7.45. The molecule has 2 atom stereocenters. The standard InChI is InChI=1S/C18H25N3O3.ClH/c1-13-18(23)21(15-4-2-3-5-16(15)24-13)11-8-17(22)20-10-7-14-6-9-19-12-14;/h2-5,13-14,19H,6-12H2,1H3,(H,20,22);1H. The summed E-state index contributed by atoms with van der Waals surface area (Å²) < 4.78 is 5.61. The van der Waals surface area contributed by atoms with E-state index >= 15 is 0 Å². The third-order valence-corrected chi connectivity index (χ3v) is 4.67. The first-order valence-corrected chi connectivity index (χ1v) is 8.69. The van der Waals surface area contributed by atoms with Gasteiger partial charge in [-0.05, 0) is 50.9 Å². The van der Waals surface area contributed by atoms with Crippen LogP contribution in [0, 0.1) is 5.92 Å². The maximum Gasteiger partial charge on any atom is 0.267 e. The van der Waals surface area contributed by atoms with Gasteiger partial charge in [-0.1, -0.05) is 12.1 Å². The lowest BCUT2D eigenvalue weighted by Gasteiger charge is -2.32. The van der Waals surface area contributed by atoms with Gasteiger partial charge in [0.2, 0.25) is 5.91 Å². The number of carbonyl (C=O) groups excluding carboxylic acids is 2. The highest BCUT2D eigenvalue weighted by Crippen LogP contribution is 2.33. The van der Waals surface area contributed by atoms with Crippen LogP contribution in [0.2, 0.25) is 0 Å². The number of anilines is 1. The fourth-order valence-corrected chi connectivity index (χ4v) is 3.27. The van der Waals surface area contributed by atoms with E-state index in [1.807, 2.05) is 24.3 Å². The Bertz CT molecular complexity index is 605. The molecule has 2 amide bonds. The van der Waals surface area contributed by atoms with Crippen molar-refractivity contribution in [3.63, 3.8) is 0 Å². The number of fused-ring (bicyclic) bond motifs is 1. The smallest absolute Gasteiger partial charge is 0.267 e. The molecule has 3 rings (SSSR count). The van der Waals surface area contributed by atoms with Crippen molar-refractivity contribution in [1.82, 2.24) is 10.6 Å². The van der Waals surface area contributed by atoms with Crippen molar-refractivity contribution in [3.8, 4) is 5.75 Å². The number of benzene rings is 1. The lowest BCUT2D eigenvalue weighted by atomic mass is 10.1. The summed E-state index contributed by atoms with van der Waals surface area (Å²) in [6.45, 7) is 4.94. The highest BCUT2D eigenvalue weighted by Gasteiger charge is 2.31. The van der Waals surface area contributed by atoms with Crippen LogP contribution in [0.1, 0.15) is 26.2 Å². The molecule has 0 radical (unpaired) electrons. The molecule has 2 aliphatic heterocycles. The number of hydrogen-bond acceptors (Lipinski definition) is 4. The van der Waals surface area contributed by atoms with Crippen LogP contribution in [0.15, 0.2) is 24.3 Å². The molecule has 0 bridgehead atoms. The molecule has 1 aromatic rings. The normalized spacial score (nSPS) is 22.0. The molecule has 1 saturated heterocycles. The van der Waals surface area contributed by atoms with Gasteiger partial charge >= 0.3 is 0 Å².